The quantitative estimate of drug-likeness (QED) is 0.412. The minimum Gasteiger partial charge on any atom is -0.477 e. The molecule has 41 heavy (non-hydrogen) atoms. The van der Waals surface area contributed by atoms with E-state index in [1.165, 1.54) is 6.07 Å². The maximum Gasteiger partial charge on any atom is 0.354 e. The smallest absolute Gasteiger partial charge is 0.354 e. The van der Waals surface area contributed by atoms with Crippen molar-refractivity contribution < 1.29 is 39.1 Å². The lowest BCUT2D eigenvalue weighted by Gasteiger charge is -2.24. The Labute approximate surface area is 241 Å². The van der Waals surface area contributed by atoms with Crippen LogP contribution in [0.3, 0.4) is 0 Å². The summed E-state index contributed by atoms with van der Waals surface area (Å²) < 4.78 is 23.2. The predicted molar refractivity (Wildman–Crippen MR) is 151 cm³/mol. The van der Waals surface area contributed by atoms with E-state index in [2.05, 4.69) is 33.6 Å². The van der Waals surface area contributed by atoms with E-state index in [0.717, 1.165) is 11.3 Å². The summed E-state index contributed by atoms with van der Waals surface area (Å²) in [7, 11) is 0. The Kier molecular flexibility index (Phi) is 14.5. The molecule has 2 aromatic rings. The molecule has 12 heteroatoms. The average molecular weight is 577 g/mol. The van der Waals surface area contributed by atoms with Crippen LogP contribution in [0.1, 0.15) is 59.2 Å². The molecule has 228 valence electrons. The summed E-state index contributed by atoms with van der Waals surface area (Å²) in [6, 6.07) is 8.74. The number of carboxylic acid groups (broad SMARTS) is 1. The van der Waals surface area contributed by atoms with Crippen LogP contribution in [0.25, 0.3) is 0 Å². The summed E-state index contributed by atoms with van der Waals surface area (Å²) >= 11 is 0. The first-order valence-electron chi connectivity index (χ1n) is 14.1. The highest BCUT2D eigenvalue weighted by Gasteiger charge is 2.15. The van der Waals surface area contributed by atoms with Crippen molar-refractivity contribution in [1.29, 1.82) is 0 Å². The summed E-state index contributed by atoms with van der Waals surface area (Å²) in [6.07, 6.45) is -1.62. The average Bonchev–Trinajstić information content (AvgIpc) is 2.94. The van der Waals surface area contributed by atoms with Gasteiger partial charge in [0.15, 0.2) is 6.29 Å². The number of pyridine rings is 2. The van der Waals surface area contributed by atoms with Gasteiger partial charge in [0.05, 0.1) is 69.9 Å². The van der Waals surface area contributed by atoms with Gasteiger partial charge in [0, 0.05) is 39.3 Å². The second-order valence-electron chi connectivity index (χ2n) is 10.2. The van der Waals surface area contributed by atoms with Gasteiger partial charge in [-0.1, -0.05) is 19.9 Å². The first-order chi connectivity index (χ1) is 19.8. The van der Waals surface area contributed by atoms with E-state index in [4.69, 9.17) is 18.9 Å². The molecule has 0 amide bonds. The van der Waals surface area contributed by atoms with E-state index >= 15 is 0 Å². The van der Waals surface area contributed by atoms with Crippen LogP contribution in [0.4, 0.5) is 0 Å². The number of aromatic carboxylic acids is 1. The van der Waals surface area contributed by atoms with Crippen LogP contribution in [-0.2, 0) is 32.0 Å². The van der Waals surface area contributed by atoms with E-state index < -0.39 is 12.3 Å². The molecule has 3 heterocycles. The van der Waals surface area contributed by atoms with Crippen molar-refractivity contribution in [1.82, 2.24) is 19.8 Å². The van der Waals surface area contributed by atoms with Crippen molar-refractivity contribution in [3.8, 4) is 0 Å². The molecule has 0 bridgehead atoms. The van der Waals surface area contributed by atoms with E-state index in [1.807, 2.05) is 12.1 Å². The SMILES string of the molecule is CC(C)c1cc(CN2CCOCCOCCN(Cc3cccc(C(=O)O)n3)CCOCCOCC2)nc(C(O)O)c1. The number of hydrogen-bond donors (Lipinski definition) is 3. The number of carboxylic acids is 1. The highest BCUT2D eigenvalue weighted by atomic mass is 16.5. The molecule has 1 fully saturated rings. The Morgan fingerprint density at radius 2 is 1.29 bits per heavy atom. The Balaban J connectivity index is 1.52. The van der Waals surface area contributed by atoms with Gasteiger partial charge in [-0.25, -0.2) is 9.78 Å². The molecular formula is C29H44N4O8. The maximum absolute atomic E-state index is 11.3. The zero-order valence-electron chi connectivity index (χ0n) is 24.1. The molecule has 0 aromatic carbocycles. The first kappa shape index (κ1) is 33.0. The van der Waals surface area contributed by atoms with Gasteiger partial charge in [-0.05, 0) is 35.7 Å². The molecule has 1 aliphatic heterocycles. The second kappa shape index (κ2) is 18.1. The molecule has 0 aliphatic carbocycles. The standard InChI is InChI=1S/C29H44N4O8/c1-22(2)23-18-25(31-27(19-23)29(36)37)21-33-8-12-40-16-14-38-10-6-32(7-11-39-15-17-41-13-9-33)20-24-4-3-5-26(30-24)28(34)35/h3-5,18-19,22,29,36-37H,6-17,20-21H2,1-2H3,(H,34,35). The highest BCUT2D eigenvalue weighted by Crippen LogP contribution is 2.20. The van der Waals surface area contributed by atoms with Crippen molar-refractivity contribution in [2.45, 2.75) is 39.1 Å². The van der Waals surface area contributed by atoms with E-state index in [9.17, 15) is 20.1 Å². The molecule has 0 spiro atoms. The number of ether oxygens (including phenoxy) is 4. The zero-order valence-corrected chi connectivity index (χ0v) is 24.1. The molecule has 0 unspecified atom stereocenters. The second-order valence-corrected chi connectivity index (χ2v) is 10.2. The number of aliphatic hydroxyl groups excluding tert-OH is 1. The molecule has 0 saturated carbocycles. The minimum absolute atomic E-state index is 0.0262. The minimum atomic E-state index is -1.62. The summed E-state index contributed by atoms with van der Waals surface area (Å²) in [4.78, 5) is 24.3. The van der Waals surface area contributed by atoms with Crippen LogP contribution >= 0.6 is 0 Å². The number of rotatable bonds is 7. The van der Waals surface area contributed by atoms with Crippen molar-refractivity contribution >= 4 is 5.97 Å². The van der Waals surface area contributed by atoms with Gasteiger partial charge in [-0.3, -0.25) is 14.8 Å². The number of aliphatic hydroxyl groups is 2. The summed E-state index contributed by atoms with van der Waals surface area (Å²) in [6.45, 7) is 11.5. The lowest BCUT2D eigenvalue weighted by Crippen LogP contribution is -2.33. The predicted octanol–water partition coefficient (Wildman–Crippen LogP) is 1.67. The summed E-state index contributed by atoms with van der Waals surface area (Å²) in [5, 5.41) is 28.6. The highest BCUT2D eigenvalue weighted by molar-refractivity contribution is 5.85. The number of nitrogens with zero attached hydrogens (tertiary/aromatic N) is 4. The van der Waals surface area contributed by atoms with Gasteiger partial charge < -0.3 is 34.3 Å². The molecule has 1 saturated heterocycles. The molecule has 3 N–H and O–H groups in total. The Morgan fingerprint density at radius 1 is 0.780 bits per heavy atom. The third kappa shape index (κ3) is 12.5. The first-order valence-corrected chi connectivity index (χ1v) is 14.1. The van der Waals surface area contributed by atoms with Crippen LogP contribution in [0.5, 0.6) is 0 Å². The van der Waals surface area contributed by atoms with Crippen LogP contribution in [0, 0.1) is 0 Å². The van der Waals surface area contributed by atoms with Gasteiger partial charge in [0.25, 0.3) is 0 Å². The van der Waals surface area contributed by atoms with Gasteiger partial charge in [0.1, 0.15) is 5.69 Å². The van der Waals surface area contributed by atoms with E-state index in [1.54, 1.807) is 12.1 Å². The van der Waals surface area contributed by atoms with Crippen LogP contribution in [0.2, 0.25) is 0 Å². The third-order valence-corrected chi connectivity index (χ3v) is 6.60. The van der Waals surface area contributed by atoms with Crippen LogP contribution in [-0.4, -0.2) is 120 Å². The fourth-order valence-corrected chi connectivity index (χ4v) is 4.29. The number of hydrogen-bond acceptors (Lipinski definition) is 11. The lowest BCUT2D eigenvalue weighted by atomic mass is 10.0. The van der Waals surface area contributed by atoms with Gasteiger partial charge in [-0.15, -0.1) is 0 Å². The molecular weight excluding hydrogens is 532 g/mol. The van der Waals surface area contributed by atoms with Crippen molar-refractivity contribution in [3.05, 3.63) is 58.7 Å². The monoisotopic (exact) mass is 576 g/mol. The third-order valence-electron chi connectivity index (χ3n) is 6.60. The number of carbonyl (C=O) groups is 1. The van der Waals surface area contributed by atoms with Crippen molar-refractivity contribution in [2.75, 3.05) is 79.0 Å². The fraction of sp³-hybridized carbons (Fsp3) is 0.621. The summed E-state index contributed by atoms with van der Waals surface area (Å²) in [5.41, 5.74) is 2.72. The van der Waals surface area contributed by atoms with Crippen LogP contribution < -0.4 is 0 Å². The van der Waals surface area contributed by atoms with Gasteiger partial charge >= 0.3 is 5.97 Å². The molecule has 1 aliphatic rings. The largest absolute Gasteiger partial charge is 0.477 e. The van der Waals surface area contributed by atoms with Gasteiger partial charge in [-0.2, -0.15) is 0 Å². The van der Waals surface area contributed by atoms with Crippen molar-refractivity contribution in [3.63, 3.8) is 0 Å². The Morgan fingerprint density at radius 3 is 1.76 bits per heavy atom. The Bertz CT molecular complexity index is 1010. The number of aromatic nitrogens is 2. The topological polar surface area (TPSA) is 147 Å². The normalized spacial score (nSPS) is 18.3. The molecule has 0 radical (unpaired) electrons. The lowest BCUT2D eigenvalue weighted by molar-refractivity contribution is -0.0461. The Hall–Kier alpha value is -2.55. The van der Waals surface area contributed by atoms with Crippen LogP contribution in [0.15, 0.2) is 30.3 Å². The molecule has 2 aromatic heterocycles. The van der Waals surface area contributed by atoms with E-state index in [0.29, 0.717) is 97.8 Å². The zero-order chi connectivity index (χ0) is 29.5. The fourth-order valence-electron chi connectivity index (χ4n) is 4.29. The van der Waals surface area contributed by atoms with Crippen molar-refractivity contribution in [2.24, 2.45) is 0 Å². The maximum atomic E-state index is 11.3. The molecule has 3 rings (SSSR count). The van der Waals surface area contributed by atoms with E-state index in [-0.39, 0.29) is 17.3 Å². The molecule has 12 nitrogen and oxygen atoms in total. The summed E-state index contributed by atoms with van der Waals surface area (Å²) in [5.74, 6) is -0.818. The van der Waals surface area contributed by atoms with Gasteiger partial charge in [0.2, 0.25) is 0 Å². The molecule has 0 atom stereocenters.